The zero-order valence-electron chi connectivity index (χ0n) is 14.4. The van der Waals surface area contributed by atoms with Crippen molar-refractivity contribution in [3.8, 4) is 0 Å². The second-order valence-corrected chi connectivity index (χ2v) is 6.38. The van der Waals surface area contributed by atoms with Crippen LogP contribution in [0.5, 0.6) is 0 Å². The van der Waals surface area contributed by atoms with Crippen molar-refractivity contribution in [2.75, 3.05) is 6.54 Å². The summed E-state index contributed by atoms with van der Waals surface area (Å²) < 4.78 is 2.23. The van der Waals surface area contributed by atoms with Crippen LogP contribution >= 0.6 is 0 Å². The summed E-state index contributed by atoms with van der Waals surface area (Å²) in [6.45, 7) is 11.0. The minimum absolute atomic E-state index is 0.480. The van der Waals surface area contributed by atoms with Crippen LogP contribution in [0.15, 0.2) is 6.07 Å². The van der Waals surface area contributed by atoms with Crippen molar-refractivity contribution in [1.82, 2.24) is 15.1 Å². The van der Waals surface area contributed by atoms with Gasteiger partial charge in [-0.05, 0) is 44.2 Å². The quantitative estimate of drug-likeness (QED) is 0.810. The van der Waals surface area contributed by atoms with Crippen LogP contribution < -0.4 is 5.32 Å². The van der Waals surface area contributed by atoms with Crippen molar-refractivity contribution in [2.24, 2.45) is 11.8 Å². The van der Waals surface area contributed by atoms with Gasteiger partial charge in [-0.3, -0.25) is 4.68 Å². The fourth-order valence-corrected chi connectivity index (χ4v) is 4.04. The highest BCUT2D eigenvalue weighted by Crippen LogP contribution is 2.40. The molecule has 0 bridgehead atoms. The Balaban J connectivity index is 2.30. The summed E-state index contributed by atoms with van der Waals surface area (Å²) in [5, 5.41) is 8.56. The highest BCUT2D eigenvalue weighted by atomic mass is 15.3. The van der Waals surface area contributed by atoms with Crippen molar-refractivity contribution >= 4 is 0 Å². The molecule has 1 aliphatic carbocycles. The molecule has 120 valence electrons. The minimum atomic E-state index is 0.480. The molecule has 0 aliphatic heterocycles. The van der Waals surface area contributed by atoms with E-state index in [1.54, 1.807) is 0 Å². The van der Waals surface area contributed by atoms with E-state index in [2.05, 4.69) is 43.8 Å². The van der Waals surface area contributed by atoms with E-state index in [4.69, 9.17) is 5.10 Å². The van der Waals surface area contributed by atoms with Crippen molar-refractivity contribution < 1.29 is 0 Å². The van der Waals surface area contributed by atoms with Gasteiger partial charge in [-0.2, -0.15) is 5.10 Å². The Bertz CT molecular complexity index is 424. The average Bonchev–Trinajstić information content (AvgIpc) is 2.95. The van der Waals surface area contributed by atoms with Crippen LogP contribution in [-0.2, 0) is 13.0 Å². The third-order valence-electron chi connectivity index (χ3n) is 5.19. The lowest BCUT2D eigenvalue weighted by Crippen LogP contribution is -2.35. The van der Waals surface area contributed by atoms with Gasteiger partial charge in [0.05, 0.1) is 17.4 Å². The summed E-state index contributed by atoms with van der Waals surface area (Å²) >= 11 is 0. The summed E-state index contributed by atoms with van der Waals surface area (Å²) in [4.78, 5) is 0. The van der Waals surface area contributed by atoms with Crippen LogP contribution in [0.1, 0.15) is 77.2 Å². The molecule has 1 fully saturated rings. The molecule has 2 rings (SSSR count). The molecule has 3 heteroatoms. The van der Waals surface area contributed by atoms with Crippen LogP contribution in [0.2, 0.25) is 0 Å². The Morgan fingerprint density at radius 1 is 1.24 bits per heavy atom. The third-order valence-corrected chi connectivity index (χ3v) is 5.19. The Morgan fingerprint density at radius 3 is 2.62 bits per heavy atom. The SMILES string of the molecule is CCNC(c1cc(CC)nn1CC)C1CCCCC1CC. The molecule has 0 aromatic carbocycles. The van der Waals surface area contributed by atoms with Crippen LogP contribution in [0.25, 0.3) is 0 Å². The van der Waals surface area contributed by atoms with E-state index in [9.17, 15) is 0 Å². The first-order chi connectivity index (χ1) is 10.2. The van der Waals surface area contributed by atoms with Crippen LogP contribution in [-0.4, -0.2) is 16.3 Å². The molecule has 3 nitrogen and oxygen atoms in total. The molecule has 0 spiro atoms. The van der Waals surface area contributed by atoms with Gasteiger partial charge in [-0.15, -0.1) is 0 Å². The third kappa shape index (κ3) is 3.68. The summed E-state index contributed by atoms with van der Waals surface area (Å²) in [5.74, 6) is 1.64. The highest BCUT2D eigenvalue weighted by molar-refractivity contribution is 5.16. The zero-order chi connectivity index (χ0) is 15.2. The van der Waals surface area contributed by atoms with Gasteiger partial charge in [0, 0.05) is 6.54 Å². The molecule has 0 amide bonds. The maximum Gasteiger partial charge on any atom is 0.0625 e. The van der Waals surface area contributed by atoms with Gasteiger partial charge in [0.25, 0.3) is 0 Å². The zero-order valence-corrected chi connectivity index (χ0v) is 14.4. The number of aryl methyl sites for hydroxylation is 2. The van der Waals surface area contributed by atoms with Crippen molar-refractivity contribution in [3.05, 3.63) is 17.5 Å². The Hall–Kier alpha value is -0.830. The number of rotatable bonds is 7. The molecular formula is C18H33N3. The van der Waals surface area contributed by atoms with Crippen molar-refractivity contribution in [1.29, 1.82) is 0 Å². The molecule has 1 saturated carbocycles. The van der Waals surface area contributed by atoms with Gasteiger partial charge in [0.15, 0.2) is 0 Å². The Morgan fingerprint density at radius 2 is 2.00 bits per heavy atom. The van der Waals surface area contributed by atoms with Crippen LogP contribution in [0, 0.1) is 11.8 Å². The van der Waals surface area contributed by atoms with Crippen molar-refractivity contribution in [2.45, 2.75) is 78.8 Å². The summed E-state index contributed by atoms with van der Waals surface area (Å²) in [6.07, 6.45) is 7.93. The molecular weight excluding hydrogens is 258 g/mol. The van der Waals surface area contributed by atoms with E-state index in [1.165, 1.54) is 43.5 Å². The Kier molecular flexibility index (Phi) is 6.28. The number of aromatic nitrogens is 2. The standard InChI is InChI=1S/C18H33N3/c1-5-14-11-9-10-12-16(14)18(19-7-3)17-13-15(6-2)20-21(17)8-4/h13-14,16,18-19H,5-12H2,1-4H3. The summed E-state index contributed by atoms with van der Waals surface area (Å²) in [7, 11) is 0. The Labute approximate surface area is 130 Å². The first kappa shape index (κ1) is 16.5. The second kappa shape index (κ2) is 7.98. The fraction of sp³-hybridized carbons (Fsp3) is 0.833. The molecule has 0 radical (unpaired) electrons. The smallest absolute Gasteiger partial charge is 0.0625 e. The summed E-state index contributed by atoms with van der Waals surface area (Å²) in [6, 6.07) is 2.83. The predicted molar refractivity (Wildman–Crippen MR) is 89.4 cm³/mol. The molecule has 3 unspecified atom stereocenters. The fourth-order valence-electron chi connectivity index (χ4n) is 4.04. The van der Waals surface area contributed by atoms with E-state index < -0.39 is 0 Å². The van der Waals surface area contributed by atoms with E-state index in [0.29, 0.717) is 6.04 Å². The molecule has 1 aromatic rings. The topological polar surface area (TPSA) is 29.9 Å². The number of nitrogens with one attached hydrogen (secondary N) is 1. The van der Waals surface area contributed by atoms with Crippen LogP contribution in [0.4, 0.5) is 0 Å². The molecule has 1 heterocycles. The first-order valence-corrected chi connectivity index (χ1v) is 9.05. The maximum atomic E-state index is 4.77. The largest absolute Gasteiger partial charge is 0.309 e. The molecule has 3 atom stereocenters. The number of nitrogens with zero attached hydrogens (tertiary/aromatic N) is 2. The van der Waals surface area contributed by atoms with Gasteiger partial charge < -0.3 is 5.32 Å². The first-order valence-electron chi connectivity index (χ1n) is 9.05. The molecule has 1 aliphatic rings. The van der Waals surface area contributed by atoms with E-state index >= 15 is 0 Å². The second-order valence-electron chi connectivity index (χ2n) is 6.38. The molecule has 1 N–H and O–H groups in total. The molecule has 1 aromatic heterocycles. The monoisotopic (exact) mass is 291 g/mol. The molecule has 21 heavy (non-hydrogen) atoms. The van der Waals surface area contributed by atoms with E-state index in [0.717, 1.165) is 31.3 Å². The number of hydrogen-bond acceptors (Lipinski definition) is 2. The lowest BCUT2D eigenvalue weighted by molar-refractivity contribution is 0.171. The highest BCUT2D eigenvalue weighted by Gasteiger charge is 2.33. The van der Waals surface area contributed by atoms with Crippen molar-refractivity contribution in [3.63, 3.8) is 0 Å². The van der Waals surface area contributed by atoms with Gasteiger partial charge >= 0.3 is 0 Å². The average molecular weight is 291 g/mol. The normalized spacial score (nSPS) is 24.2. The van der Waals surface area contributed by atoms with E-state index in [1.807, 2.05) is 0 Å². The van der Waals surface area contributed by atoms with Crippen LogP contribution in [0.3, 0.4) is 0 Å². The van der Waals surface area contributed by atoms with E-state index in [-0.39, 0.29) is 0 Å². The predicted octanol–water partition coefficient (Wildman–Crippen LogP) is 4.33. The lowest BCUT2D eigenvalue weighted by Gasteiger charge is -2.37. The lowest BCUT2D eigenvalue weighted by atomic mass is 9.73. The minimum Gasteiger partial charge on any atom is -0.309 e. The molecule has 0 saturated heterocycles. The van der Waals surface area contributed by atoms with Gasteiger partial charge in [-0.1, -0.05) is 46.5 Å². The van der Waals surface area contributed by atoms with Gasteiger partial charge in [0.1, 0.15) is 0 Å². The van der Waals surface area contributed by atoms with Gasteiger partial charge in [0.2, 0.25) is 0 Å². The van der Waals surface area contributed by atoms with Gasteiger partial charge in [-0.25, -0.2) is 0 Å². The maximum absolute atomic E-state index is 4.77. The summed E-state index contributed by atoms with van der Waals surface area (Å²) in [5.41, 5.74) is 2.65. The number of hydrogen-bond donors (Lipinski definition) is 1.